The van der Waals surface area contributed by atoms with Gasteiger partial charge in [-0.15, -0.1) is 6.58 Å². The molecule has 0 saturated carbocycles. The van der Waals surface area contributed by atoms with Crippen LogP contribution in [0.1, 0.15) is 10.4 Å². The van der Waals surface area contributed by atoms with E-state index in [1.807, 2.05) is 0 Å². The predicted octanol–water partition coefficient (Wildman–Crippen LogP) is 1.94. The van der Waals surface area contributed by atoms with Gasteiger partial charge in [-0.2, -0.15) is 0 Å². The number of carbonyl (C=O) groups excluding carboxylic acids is 2. The lowest BCUT2D eigenvalue weighted by Gasteiger charge is -2.09. The molecule has 5 heteroatoms. The van der Waals surface area contributed by atoms with Crippen LogP contribution in [0, 0.1) is 0 Å². The highest BCUT2D eigenvalue weighted by Gasteiger charge is 2.09. The van der Waals surface area contributed by atoms with Crippen LogP contribution >= 0.6 is 15.9 Å². The molecule has 0 unspecified atom stereocenters. The maximum Gasteiger partial charge on any atom is 0.258 e. The van der Waals surface area contributed by atoms with E-state index in [0.717, 1.165) is 0 Å². The second kappa shape index (κ2) is 6.85. The van der Waals surface area contributed by atoms with Crippen molar-refractivity contribution in [2.45, 2.75) is 0 Å². The molecular weight excluding hydrogens is 286 g/mol. The zero-order valence-corrected chi connectivity index (χ0v) is 10.7. The Morgan fingerprint density at radius 3 is 2.94 bits per heavy atom. The highest BCUT2D eigenvalue weighted by Crippen LogP contribution is 2.27. The van der Waals surface area contributed by atoms with Crippen molar-refractivity contribution in [3.63, 3.8) is 0 Å². The fourth-order valence-electron chi connectivity index (χ4n) is 1.15. The van der Waals surface area contributed by atoms with Gasteiger partial charge in [0.15, 0.2) is 12.9 Å². The van der Waals surface area contributed by atoms with Crippen LogP contribution < -0.4 is 10.1 Å². The molecule has 0 aliphatic heterocycles. The number of ether oxygens (including phenoxy) is 1. The molecular formula is C12H12BrNO3. The van der Waals surface area contributed by atoms with Gasteiger partial charge in [-0.3, -0.25) is 9.59 Å². The third-order valence-electron chi connectivity index (χ3n) is 1.92. The van der Waals surface area contributed by atoms with E-state index in [4.69, 9.17) is 4.74 Å². The van der Waals surface area contributed by atoms with E-state index in [0.29, 0.717) is 28.6 Å². The van der Waals surface area contributed by atoms with Crippen LogP contribution in [0.4, 0.5) is 0 Å². The Kier molecular flexibility index (Phi) is 5.42. The Bertz CT molecular complexity index is 432. The molecule has 1 amide bonds. The van der Waals surface area contributed by atoms with E-state index < -0.39 is 0 Å². The Balaban J connectivity index is 2.65. The first-order valence-corrected chi connectivity index (χ1v) is 5.72. The smallest absolute Gasteiger partial charge is 0.258 e. The highest BCUT2D eigenvalue weighted by molar-refractivity contribution is 9.10. The van der Waals surface area contributed by atoms with Crippen LogP contribution in [0.5, 0.6) is 5.75 Å². The second-order valence-corrected chi connectivity index (χ2v) is 4.01. The van der Waals surface area contributed by atoms with Gasteiger partial charge in [-0.25, -0.2) is 0 Å². The zero-order valence-electron chi connectivity index (χ0n) is 9.11. The van der Waals surface area contributed by atoms with Crippen molar-refractivity contribution in [3.05, 3.63) is 40.9 Å². The van der Waals surface area contributed by atoms with Crippen molar-refractivity contribution >= 4 is 28.1 Å². The monoisotopic (exact) mass is 297 g/mol. The fourth-order valence-corrected chi connectivity index (χ4v) is 1.64. The summed E-state index contributed by atoms with van der Waals surface area (Å²) < 4.78 is 5.93. The molecule has 0 atom stereocenters. The Labute approximate surface area is 108 Å². The fraction of sp³-hybridized carbons (Fsp3) is 0.167. The number of hydrogen-bond donors (Lipinski definition) is 1. The molecule has 4 nitrogen and oxygen atoms in total. The van der Waals surface area contributed by atoms with Gasteiger partial charge < -0.3 is 10.1 Å². The lowest BCUT2D eigenvalue weighted by molar-refractivity contribution is -0.122. The van der Waals surface area contributed by atoms with E-state index in [2.05, 4.69) is 27.8 Å². The second-order valence-electron chi connectivity index (χ2n) is 3.16. The van der Waals surface area contributed by atoms with E-state index in [9.17, 15) is 9.59 Å². The first kappa shape index (κ1) is 13.4. The first-order valence-electron chi connectivity index (χ1n) is 4.93. The number of rotatable bonds is 6. The highest BCUT2D eigenvalue weighted by atomic mass is 79.9. The van der Waals surface area contributed by atoms with Crippen LogP contribution in [0.25, 0.3) is 0 Å². The van der Waals surface area contributed by atoms with Gasteiger partial charge in [-0.1, -0.05) is 12.1 Å². The van der Waals surface area contributed by atoms with Crippen molar-refractivity contribution in [2.75, 3.05) is 13.2 Å². The maximum absolute atomic E-state index is 11.3. The molecule has 0 aliphatic carbocycles. The molecule has 0 spiro atoms. The average molecular weight is 298 g/mol. The van der Waals surface area contributed by atoms with Gasteiger partial charge in [0.1, 0.15) is 5.75 Å². The Morgan fingerprint density at radius 2 is 2.29 bits per heavy atom. The molecule has 90 valence electrons. The minimum Gasteiger partial charge on any atom is -0.482 e. The number of aldehydes is 1. The predicted molar refractivity (Wildman–Crippen MR) is 68.2 cm³/mol. The molecule has 0 aromatic heterocycles. The lowest BCUT2D eigenvalue weighted by atomic mass is 10.2. The van der Waals surface area contributed by atoms with Gasteiger partial charge >= 0.3 is 0 Å². The third-order valence-corrected chi connectivity index (χ3v) is 2.54. The maximum atomic E-state index is 11.3. The molecule has 0 bridgehead atoms. The van der Waals surface area contributed by atoms with Gasteiger partial charge in [0.05, 0.1) is 10.0 Å². The zero-order chi connectivity index (χ0) is 12.7. The number of amides is 1. The van der Waals surface area contributed by atoms with Crippen molar-refractivity contribution < 1.29 is 14.3 Å². The summed E-state index contributed by atoms with van der Waals surface area (Å²) in [5.74, 6) is 0.105. The molecule has 0 aliphatic rings. The summed E-state index contributed by atoms with van der Waals surface area (Å²) in [4.78, 5) is 22.1. The van der Waals surface area contributed by atoms with Crippen LogP contribution in [0.15, 0.2) is 35.3 Å². The molecule has 0 saturated heterocycles. The average Bonchev–Trinajstić information content (AvgIpc) is 2.34. The number of carbonyl (C=O) groups is 2. The molecule has 1 aromatic carbocycles. The lowest BCUT2D eigenvalue weighted by Crippen LogP contribution is -2.29. The van der Waals surface area contributed by atoms with Crippen molar-refractivity contribution in [3.8, 4) is 5.75 Å². The summed E-state index contributed by atoms with van der Waals surface area (Å²) in [6.45, 7) is 3.73. The summed E-state index contributed by atoms with van der Waals surface area (Å²) >= 11 is 3.26. The molecule has 0 radical (unpaired) electrons. The van der Waals surface area contributed by atoms with Crippen LogP contribution in [0.3, 0.4) is 0 Å². The molecule has 17 heavy (non-hydrogen) atoms. The summed E-state index contributed by atoms with van der Waals surface area (Å²) in [5.41, 5.74) is 0.399. The standard InChI is InChI=1S/C12H12BrNO3/c1-2-6-14-11(16)8-17-12-9(7-15)4-3-5-10(12)13/h2-5,7H,1,6,8H2,(H,14,16). The van der Waals surface area contributed by atoms with E-state index in [1.54, 1.807) is 24.3 Å². The van der Waals surface area contributed by atoms with E-state index in [-0.39, 0.29) is 12.5 Å². The number of halogens is 1. The van der Waals surface area contributed by atoms with Crippen LogP contribution in [0.2, 0.25) is 0 Å². The normalized spacial score (nSPS) is 9.47. The number of benzene rings is 1. The van der Waals surface area contributed by atoms with Gasteiger partial charge in [-0.05, 0) is 28.1 Å². The largest absolute Gasteiger partial charge is 0.482 e. The molecule has 1 aromatic rings. The number of hydrogen-bond acceptors (Lipinski definition) is 3. The molecule has 1 N–H and O–H groups in total. The van der Waals surface area contributed by atoms with Crippen LogP contribution in [-0.4, -0.2) is 25.3 Å². The summed E-state index contributed by atoms with van der Waals surface area (Å²) in [6.07, 6.45) is 2.26. The van der Waals surface area contributed by atoms with Crippen LogP contribution in [-0.2, 0) is 4.79 Å². The molecule has 0 fully saturated rings. The van der Waals surface area contributed by atoms with Gasteiger partial charge in [0.25, 0.3) is 5.91 Å². The minimum atomic E-state index is -0.266. The first-order chi connectivity index (χ1) is 8.19. The van der Waals surface area contributed by atoms with Gasteiger partial charge in [0.2, 0.25) is 0 Å². The Morgan fingerprint density at radius 1 is 1.53 bits per heavy atom. The summed E-state index contributed by atoms with van der Waals surface area (Å²) in [6, 6.07) is 5.08. The van der Waals surface area contributed by atoms with E-state index in [1.165, 1.54) is 0 Å². The summed E-state index contributed by atoms with van der Waals surface area (Å²) in [5, 5.41) is 2.57. The SMILES string of the molecule is C=CCNC(=O)COc1c(Br)cccc1C=O. The van der Waals surface area contributed by atoms with Gasteiger partial charge in [0, 0.05) is 6.54 Å². The third kappa shape index (κ3) is 4.03. The topological polar surface area (TPSA) is 55.4 Å². The van der Waals surface area contributed by atoms with E-state index >= 15 is 0 Å². The van der Waals surface area contributed by atoms with Crippen molar-refractivity contribution in [1.82, 2.24) is 5.32 Å². The van der Waals surface area contributed by atoms with Crippen molar-refractivity contribution in [2.24, 2.45) is 0 Å². The minimum absolute atomic E-state index is 0.142. The van der Waals surface area contributed by atoms with Crippen molar-refractivity contribution in [1.29, 1.82) is 0 Å². The number of para-hydroxylation sites is 1. The Hall–Kier alpha value is -1.62. The summed E-state index contributed by atoms with van der Waals surface area (Å²) in [7, 11) is 0. The molecule has 0 heterocycles. The quantitative estimate of drug-likeness (QED) is 0.645. The number of nitrogens with one attached hydrogen (secondary N) is 1. The molecule has 1 rings (SSSR count).